The molecule has 1 aliphatic heterocycles. The van der Waals surface area contributed by atoms with Gasteiger partial charge in [-0.15, -0.1) is 11.3 Å². The van der Waals surface area contributed by atoms with Gasteiger partial charge in [-0.05, 0) is 56.8 Å². The molecule has 0 spiro atoms. The predicted octanol–water partition coefficient (Wildman–Crippen LogP) is 5.21. The van der Waals surface area contributed by atoms with Crippen LogP contribution in [0.2, 0.25) is 0 Å². The second-order valence-electron chi connectivity index (χ2n) is 10.4. The van der Waals surface area contributed by atoms with Gasteiger partial charge in [-0.25, -0.2) is 9.37 Å². The summed E-state index contributed by atoms with van der Waals surface area (Å²) in [5, 5.41) is 24.4. The maximum absolute atomic E-state index is 14.9. The molecule has 0 bridgehead atoms. The molecule has 6 atom stereocenters. The van der Waals surface area contributed by atoms with Crippen LogP contribution in [0.3, 0.4) is 0 Å². The SMILES string of the molecule is CC1=CC[C@@H](C(C)=Cc2csc(C)n2)OC(=O)C[C@H](O)C(C)(C)C(=O)[C@H](C)[C@@H](O)[C@@H](C)CCC1F. The number of carbonyl (C=O) groups is 2. The number of carbonyl (C=O) groups excluding carboxylic acids is 2. The monoisotopic (exact) mass is 509 g/mol. The summed E-state index contributed by atoms with van der Waals surface area (Å²) < 4.78 is 20.6. The number of esters is 1. The second-order valence-corrected chi connectivity index (χ2v) is 11.5. The summed E-state index contributed by atoms with van der Waals surface area (Å²) in [7, 11) is 0. The van der Waals surface area contributed by atoms with Gasteiger partial charge < -0.3 is 14.9 Å². The smallest absolute Gasteiger partial charge is 0.309 e. The lowest BCUT2D eigenvalue weighted by atomic mass is 9.73. The van der Waals surface area contributed by atoms with E-state index in [1.54, 1.807) is 40.7 Å². The summed E-state index contributed by atoms with van der Waals surface area (Å²) in [4.78, 5) is 30.4. The molecule has 35 heavy (non-hydrogen) atoms. The van der Waals surface area contributed by atoms with Crippen LogP contribution in [0.25, 0.3) is 6.08 Å². The number of ketones is 1. The van der Waals surface area contributed by atoms with Crippen LogP contribution in [0, 0.1) is 24.2 Å². The standard InChI is InChI=1S/C27H40FNO5S/c1-15-9-11-22(17(3)12-20-14-35-19(5)29-20)34-24(31)13-23(30)27(6,7)26(33)18(4)25(32)16(2)8-10-21(15)28/h9,12,14,16,18,21-23,25,30,32H,8,10-11,13H2,1-7H3/t16-,18+,21?,22-,23-,25-/m0/s1. The number of aromatic nitrogens is 1. The maximum atomic E-state index is 14.9. The summed E-state index contributed by atoms with van der Waals surface area (Å²) >= 11 is 1.51. The number of ether oxygens (including phenoxy) is 1. The van der Waals surface area contributed by atoms with Crippen LogP contribution in [-0.2, 0) is 14.3 Å². The minimum atomic E-state index is -1.28. The Morgan fingerprint density at radius 1 is 1.23 bits per heavy atom. The number of thiazole rings is 1. The van der Waals surface area contributed by atoms with Crippen LogP contribution in [0.5, 0.6) is 0 Å². The Hall–Kier alpha value is -1.90. The molecule has 0 saturated heterocycles. The number of aliphatic hydroxyl groups excluding tert-OH is 2. The van der Waals surface area contributed by atoms with Gasteiger partial charge in [0.05, 0.1) is 34.7 Å². The minimum Gasteiger partial charge on any atom is -0.457 e. The van der Waals surface area contributed by atoms with E-state index in [0.717, 1.165) is 16.3 Å². The first kappa shape index (κ1) is 29.3. The van der Waals surface area contributed by atoms with Gasteiger partial charge in [0.2, 0.25) is 0 Å². The van der Waals surface area contributed by atoms with E-state index in [0.29, 0.717) is 12.0 Å². The van der Waals surface area contributed by atoms with Crippen molar-refractivity contribution in [1.82, 2.24) is 4.98 Å². The van der Waals surface area contributed by atoms with Gasteiger partial charge >= 0.3 is 5.97 Å². The van der Waals surface area contributed by atoms with Crippen molar-refractivity contribution in [3.63, 3.8) is 0 Å². The third kappa shape index (κ3) is 7.79. The maximum Gasteiger partial charge on any atom is 0.309 e. The van der Waals surface area contributed by atoms with Gasteiger partial charge in [-0.3, -0.25) is 9.59 Å². The van der Waals surface area contributed by atoms with Crippen molar-refractivity contribution in [2.45, 2.75) is 98.6 Å². The zero-order valence-electron chi connectivity index (χ0n) is 21.9. The molecule has 2 rings (SSSR count). The Balaban J connectivity index is 2.38. The summed E-state index contributed by atoms with van der Waals surface area (Å²) in [5.74, 6) is -2.07. The van der Waals surface area contributed by atoms with Gasteiger partial charge in [0, 0.05) is 17.7 Å². The molecule has 0 radical (unpaired) electrons. The zero-order chi connectivity index (χ0) is 26.5. The van der Waals surface area contributed by atoms with Gasteiger partial charge in [0.25, 0.3) is 0 Å². The summed E-state index contributed by atoms with van der Waals surface area (Å²) in [6.07, 6.45) is -0.0115. The van der Waals surface area contributed by atoms with Crippen molar-refractivity contribution in [3.05, 3.63) is 33.3 Å². The topological polar surface area (TPSA) is 96.7 Å². The lowest BCUT2D eigenvalue weighted by molar-refractivity contribution is -0.154. The number of Topliss-reactive ketones (excluding diaryl/α,β-unsaturated/α-hetero) is 1. The molecule has 1 unspecified atom stereocenters. The highest BCUT2D eigenvalue weighted by molar-refractivity contribution is 7.09. The Bertz CT molecular complexity index is 953. The molecule has 196 valence electrons. The van der Waals surface area contributed by atoms with Crippen LogP contribution in [0.4, 0.5) is 4.39 Å². The average molecular weight is 510 g/mol. The van der Waals surface area contributed by atoms with Gasteiger partial charge in [-0.1, -0.05) is 33.8 Å². The van der Waals surface area contributed by atoms with E-state index in [4.69, 9.17) is 4.74 Å². The summed E-state index contributed by atoms with van der Waals surface area (Å²) in [6, 6.07) is 0. The lowest BCUT2D eigenvalue weighted by Gasteiger charge is -2.34. The normalized spacial score (nSPS) is 32.2. The van der Waals surface area contributed by atoms with Crippen molar-refractivity contribution >= 4 is 29.2 Å². The van der Waals surface area contributed by atoms with E-state index >= 15 is 0 Å². The van der Waals surface area contributed by atoms with E-state index in [-0.39, 0.29) is 31.0 Å². The number of hydrogen-bond acceptors (Lipinski definition) is 7. The molecule has 8 heteroatoms. The number of halogens is 1. The fourth-order valence-electron chi connectivity index (χ4n) is 4.35. The van der Waals surface area contributed by atoms with E-state index in [2.05, 4.69) is 4.98 Å². The van der Waals surface area contributed by atoms with Gasteiger partial charge in [0.15, 0.2) is 0 Å². The number of aryl methyl sites for hydroxylation is 1. The number of cyclic esters (lactones) is 1. The molecule has 0 aliphatic carbocycles. The Kier molecular flexibility index (Phi) is 10.4. The number of alkyl halides is 1. The molecule has 1 aromatic rings. The Labute approximate surface area is 212 Å². The third-order valence-corrected chi connectivity index (χ3v) is 7.95. The molecular weight excluding hydrogens is 469 g/mol. The second kappa shape index (κ2) is 12.4. The highest BCUT2D eigenvalue weighted by Gasteiger charge is 2.42. The fourth-order valence-corrected chi connectivity index (χ4v) is 4.92. The lowest BCUT2D eigenvalue weighted by Crippen LogP contribution is -2.45. The van der Waals surface area contributed by atoms with Crippen molar-refractivity contribution in [1.29, 1.82) is 0 Å². The van der Waals surface area contributed by atoms with E-state index < -0.39 is 41.8 Å². The van der Waals surface area contributed by atoms with Crippen molar-refractivity contribution in [3.8, 4) is 0 Å². The van der Waals surface area contributed by atoms with Crippen molar-refractivity contribution in [2.75, 3.05) is 0 Å². The molecule has 0 saturated carbocycles. The average Bonchev–Trinajstić information content (AvgIpc) is 3.21. The fraction of sp³-hybridized carbons (Fsp3) is 0.667. The number of allylic oxidation sites excluding steroid dienone is 1. The van der Waals surface area contributed by atoms with E-state index in [9.17, 15) is 24.2 Å². The van der Waals surface area contributed by atoms with Crippen LogP contribution in [0.1, 0.15) is 77.9 Å². The summed E-state index contributed by atoms with van der Waals surface area (Å²) in [5.41, 5.74) is 0.765. The predicted molar refractivity (Wildman–Crippen MR) is 137 cm³/mol. The first-order chi connectivity index (χ1) is 16.2. The Morgan fingerprint density at radius 3 is 2.49 bits per heavy atom. The molecule has 0 amide bonds. The zero-order valence-corrected chi connectivity index (χ0v) is 22.7. The minimum absolute atomic E-state index is 0.213. The molecule has 0 fully saturated rings. The molecule has 2 heterocycles. The largest absolute Gasteiger partial charge is 0.457 e. The van der Waals surface area contributed by atoms with Crippen LogP contribution < -0.4 is 0 Å². The van der Waals surface area contributed by atoms with Crippen LogP contribution in [0.15, 0.2) is 22.6 Å². The summed E-state index contributed by atoms with van der Waals surface area (Å²) in [6.45, 7) is 12.0. The van der Waals surface area contributed by atoms with Crippen LogP contribution in [-0.4, -0.2) is 51.4 Å². The molecule has 6 nitrogen and oxygen atoms in total. The molecule has 2 N–H and O–H groups in total. The number of hydrogen-bond donors (Lipinski definition) is 2. The third-order valence-electron chi connectivity index (χ3n) is 7.15. The van der Waals surface area contributed by atoms with Crippen LogP contribution >= 0.6 is 11.3 Å². The highest BCUT2D eigenvalue weighted by Crippen LogP contribution is 2.33. The highest BCUT2D eigenvalue weighted by atomic mass is 32.1. The van der Waals surface area contributed by atoms with Crippen molar-refractivity contribution < 1.29 is 28.9 Å². The van der Waals surface area contributed by atoms with E-state index in [1.165, 1.54) is 11.3 Å². The molecule has 0 aromatic carbocycles. The number of rotatable bonds is 2. The Morgan fingerprint density at radius 2 is 1.89 bits per heavy atom. The van der Waals surface area contributed by atoms with Gasteiger partial charge in [0.1, 0.15) is 18.1 Å². The molecular formula is C27H40FNO5S. The van der Waals surface area contributed by atoms with E-state index in [1.807, 2.05) is 25.3 Å². The first-order valence-corrected chi connectivity index (χ1v) is 13.1. The molecule has 1 aliphatic rings. The quantitative estimate of drug-likeness (QED) is 0.419. The van der Waals surface area contributed by atoms with Crippen molar-refractivity contribution in [2.24, 2.45) is 17.3 Å². The number of nitrogens with zero attached hydrogens (tertiary/aromatic N) is 1. The number of aliphatic hydroxyl groups is 2. The first-order valence-electron chi connectivity index (χ1n) is 12.2. The molecule has 1 aromatic heterocycles. The van der Waals surface area contributed by atoms with Gasteiger partial charge in [-0.2, -0.15) is 0 Å².